The van der Waals surface area contributed by atoms with Crippen molar-refractivity contribution >= 4 is 0 Å². The van der Waals surface area contributed by atoms with Crippen molar-refractivity contribution in [2.24, 2.45) is 0 Å². The molecule has 0 saturated heterocycles. The Morgan fingerprint density at radius 1 is 0.400 bits per heavy atom. The molecule has 0 bridgehead atoms. The summed E-state index contributed by atoms with van der Waals surface area (Å²) in [5.41, 5.74) is 0. The first-order chi connectivity index (χ1) is 17.3. The van der Waals surface area contributed by atoms with E-state index in [0.29, 0.717) is 6.17 Å². The van der Waals surface area contributed by atoms with Gasteiger partial charge in [-0.05, 0) is 26.2 Å². The Labute approximate surface area is 222 Å². The van der Waals surface area contributed by atoms with Crippen molar-refractivity contribution in [1.82, 2.24) is 9.80 Å². The van der Waals surface area contributed by atoms with Gasteiger partial charge in [-0.2, -0.15) is 0 Å². The summed E-state index contributed by atoms with van der Waals surface area (Å²) in [7, 11) is 0. The van der Waals surface area contributed by atoms with Crippen LogP contribution in [0.2, 0.25) is 0 Å². The van der Waals surface area contributed by atoms with Gasteiger partial charge in [0.2, 0.25) is 0 Å². The number of hydrogen-bond donors (Lipinski definition) is 0. The highest BCUT2D eigenvalue weighted by Gasteiger charge is 2.23. The maximum absolute atomic E-state index is 2.64. The summed E-state index contributed by atoms with van der Waals surface area (Å²) < 4.78 is 0. The zero-order chi connectivity index (χ0) is 25.2. The van der Waals surface area contributed by atoms with Crippen molar-refractivity contribution in [3.8, 4) is 0 Å². The molecule has 0 aromatic rings. The van der Waals surface area contributed by atoms with E-state index >= 15 is 0 Å². The summed E-state index contributed by atoms with van der Waals surface area (Å²) in [5.74, 6) is 0. The maximum Gasteiger partial charge on any atom is 0.101 e. The highest BCUT2D eigenvalue weighted by Crippen LogP contribution is 2.23. The van der Waals surface area contributed by atoms with Crippen LogP contribution in [0.1, 0.15) is 181 Å². The van der Waals surface area contributed by atoms with Crippen molar-refractivity contribution in [1.29, 1.82) is 0 Å². The fourth-order valence-electron chi connectivity index (χ4n) is 5.74. The molecule has 1 atom stereocenters. The molecule has 1 unspecified atom stereocenters. The summed E-state index contributed by atoms with van der Waals surface area (Å²) in [6, 6.07) is 0. The fourth-order valence-corrected chi connectivity index (χ4v) is 5.74. The van der Waals surface area contributed by atoms with Crippen molar-refractivity contribution in [2.45, 2.75) is 187 Å². The fraction of sp³-hybridized carbons (Fsp3) is 0.939. The average molecular weight is 491 g/mol. The second kappa shape index (κ2) is 25.0. The van der Waals surface area contributed by atoms with Crippen LogP contribution in [-0.2, 0) is 0 Å². The van der Waals surface area contributed by atoms with Gasteiger partial charge in [-0.3, -0.25) is 0 Å². The smallest absolute Gasteiger partial charge is 0.101 e. The molecule has 0 spiro atoms. The van der Waals surface area contributed by atoms with Crippen LogP contribution in [0.4, 0.5) is 0 Å². The Bertz CT molecular complexity index is 446. The van der Waals surface area contributed by atoms with Crippen LogP contribution in [0.25, 0.3) is 0 Å². The van der Waals surface area contributed by atoms with Gasteiger partial charge in [-0.25, -0.2) is 0 Å². The maximum atomic E-state index is 2.64. The molecule has 0 amide bonds. The van der Waals surface area contributed by atoms with Crippen LogP contribution >= 0.6 is 0 Å². The SMILES string of the molecule is CCCCCCCCCCCCCCCCCCCN1C=CN(CC)C1CCCCCCCCC. The predicted molar refractivity (Wildman–Crippen MR) is 159 cm³/mol. The van der Waals surface area contributed by atoms with E-state index < -0.39 is 0 Å². The van der Waals surface area contributed by atoms with Crippen LogP contribution in [0.3, 0.4) is 0 Å². The van der Waals surface area contributed by atoms with Crippen LogP contribution in [0.15, 0.2) is 12.4 Å². The predicted octanol–water partition coefficient (Wildman–Crippen LogP) is 11.2. The first kappa shape index (κ1) is 32.4. The lowest BCUT2D eigenvalue weighted by atomic mass is 10.0. The molecule has 2 nitrogen and oxygen atoms in total. The lowest BCUT2D eigenvalue weighted by Crippen LogP contribution is -2.38. The summed E-state index contributed by atoms with van der Waals surface area (Å²) in [4.78, 5) is 5.20. The standard InChI is InChI=1S/C33H66N2/c1-4-7-9-11-13-14-15-16-17-18-19-20-21-22-24-26-28-30-35-32-31-34(6-3)33(35)29-27-25-23-12-10-8-5-2/h31-33H,4-30H2,1-3H3. The third kappa shape index (κ3) is 18.3. The topological polar surface area (TPSA) is 6.48 Å². The van der Waals surface area contributed by atoms with Crippen LogP contribution in [-0.4, -0.2) is 29.1 Å². The molecule has 0 aromatic heterocycles. The summed E-state index contributed by atoms with van der Waals surface area (Å²) in [6.45, 7) is 9.32. The number of rotatable bonds is 27. The molecular formula is C33H66N2. The molecule has 0 radical (unpaired) electrons. The van der Waals surface area contributed by atoms with E-state index in [2.05, 4.69) is 43.0 Å². The molecule has 1 aliphatic heterocycles. The first-order valence-electron chi connectivity index (χ1n) is 16.5. The van der Waals surface area contributed by atoms with E-state index in [-0.39, 0.29) is 0 Å². The zero-order valence-corrected chi connectivity index (χ0v) is 24.7. The molecule has 35 heavy (non-hydrogen) atoms. The second-order valence-electron chi connectivity index (χ2n) is 11.4. The van der Waals surface area contributed by atoms with Crippen molar-refractivity contribution in [3.63, 3.8) is 0 Å². The summed E-state index contributed by atoms with van der Waals surface area (Å²) >= 11 is 0. The van der Waals surface area contributed by atoms with Crippen molar-refractivity contribution in [2.75, 3.05) is 13.1 Å². The van der Waals surface area contributed by atoms with Gasteiger partial charge in [-0.15, -0.1) is 0 Å². The highest BCUT2D eigenvalue weighted by atomic mass is 15.4. The molecule has 1 aliphatic rings. The third-order valence-electron chi connectivity index (χ3n) is 8.17. The molecule has 0 fully saturated rings. The largest absolute Gasteiger partial charge is 0.356 e. The quantitative estimate of drug-likeness (QED) is 0.106. The molecular weight excluding hydrogens is 424 g/mol. The Morgan fingerprint density at radius 3 is 1.14 bits per heavy atom. The lowest BCUT2D eigenvalue weighted by Gasteiger charge is -2.32. The summed E-state index contributed by atoms with van der Waals surface area (Å²) in [5, 5.41) is 0. The molecule has 1 rings (SSSR count). The van der Waals surface area contributed by atoms with E-state index in [1.807, 2.05) is 0 Å². The van der Waals surface area contributed by atoms with Crippen molar-refractivity contribution < 1.29 is 0 Å². The van der Waals surface area contributed by atoms with Gasteiger partial charge in [-0.1, -0.05) is 155 Å². The summed E-state index contributed by atoms with van der Waals surface area (Å²) in [6.07, 6.45) is 41.3. The Kier molecular flexibility index (Phi) is 23.1. The Morgan fingerprint density at radius 2 is 0.743 bits per heavy atom. The molecule has 208 valence electrons. The lowest BCUT2D eigenvalue weighted by molar-refractivity contribution is 0.142. The van der Waals surface area contributed by atoms with E-state index in [0.717, 1.165) is 6.54 Å². The third-order valence-corrected chi connectivity index (χ3v) is 8.17. The highest BCUT2D eigenvalue weighted by molar-refractivity contribution is 4.96. The first-order valence-corrected chi connectivity index (χ1v) is 16.5. The van der Waals surface area contributed by atoms with E-state index in [1.165, 1.54) is 167 Å². The number of unbranched alkanes of at least 4 members (excludes halogenated alkanes) is 22. The van der Waals surface area contributed by atoms with Gasteiger partial charge in [0.15, 0.2) is 0 Å². The second-order valence-corrected chi connectivity index (χ2v) is 11.4. The van der Waals surface area contributed by atoms with Gasteiger partial charge < -0.3 is 9.80 Å². The van der Waals surface area contributed by atoms with Gasteiger partial charge in [0.1, 0.15) is 6.17 Å². The van der Waals surface area contributed by atoms with E-state index in [9.17, 15) is 0 Å². The number of hydrogen-bond acceptors (Lipinski definition) is 2. The number of nitrogens with zero attached hydrogens (tertiary/aromatic N) is 2. The van der Waals surface area contributed by atoms with Crippen LogP contribution < -0.4 is 0 Å². The molecule has 1 heterocycles. The Hall–Kier alpha value is -0.660. The van der Waals surface area contributed by atoms with Gasteiger partial charge in [0.25, 0.3) is 0 Å². The zero-order valence-electron chi connectivity index (χ0n) is 24.7. The van der Waals surface area contributed by atoms with Gasteiger partial charge in [0, 0.05) is 25.5 Å². The van der Waals surface area contributed by atoms with E-state index in [1.54, 1.807) is 0 Å². The minimum atomic E-state index is 0.636. The molecule has 0 N–H and O–H groups in total. The monoisotopic (exact) mass is 491 g/mol. The molecule has 0 saturated carbocycles. The molecule has 0 aromatic carbocycles. The Balaban J connectivity index is 1.91. The average Bonchev–Trinajstić information content (AvgIpc) is 3.27. The van der Waals surface area contributed by atoms with Crippen LogP contribution in [0, 0.1) is 0 Å². The van der Waals surface area contributed by atoms with Crippen LogP contribution in [0.5, 0.6) is 0 Å². The van der Waals surface area contributed by atoms with Gasteiger partial charge >= 0.3 is 0 Å². The van der Waals surface area contributed by atoms with Crippen molar-refractivity contribution in [3.05, 3.63) is 12.4 Å². The van der Waals surface area contributed by atoms with E-state index in [4.69, 9.17) is 0 Å². The normalized spacial score (nSPS) is 15.6. The van der Waals surface area contributed by atoms with Gasteiger partial charge in [0.05, 0.1) is 0 Å². The molecule has 2 heteroatoms. The minimum absolute atomic E-state index is 0.636. The minimum Gasteiger partial charge on any atom is -0.356 e. The molecule has 0 aliphatic carbocycles.